The first kappa shape index (κ1) is 9.51. The summed E-state index contributed by atoms with van der Waals surface area (Å²) in [5.41, 5.74) is 0.343. The van der Waals surface area contributed by atoms with Crippen molar-refractivity contribution in [2.75, 3.05) is 6.26 Å². The molecule has 6 heteroatoms. The van der Waals surface area contributed by atoms with Crippen LogP contribution in [0.3, 0.4) is 0 Å². The average Bonchev–Trinajstić information content (AvgIpc) is 2.75. The molecule has 1 saturated carbocycles. The lowest BCUT2D eigenvalue weighted by molar-refractivity contribution is 0.594. The van der Waals surface area contributed by atoms with Gasteiger partial charge in [0.25, 0.3) is 5.56 Å². The fourth-order valence-corrected chi connectivity index (χ4v) is 2.13. The van der Waals surface area contributed by atoms with E-state index in [4.69, 9.17) is 0 Å². The van der Waals surface area contributed by atoms with Crippen LogP contribution < -0.4 is 5.56 Å². The van der Waals surface area contributed by atoms with Crippen LogP contribution in [-0.2, 0) is 15.6 Å². The van der Waals surface area contributed by atoms with E-state index in [0.717, 1.165) is 19.1 Å². The fourth-order valence-electron chi connectivity index (χ4n) is 1.42. The molecule has 1 aliphatic carbocycles. The van der Waals surface area contributed by atoms with E-state index in [9.17, 15) is 13.2 Å². The minimum Gasteiger partial charge on any atom is -0.298 e. The normalized spacial score (nSPS) is 17.2. The lowest BCUT2D eigenvalue weighted by Gasteiger charge is -1.97. The molecule has 0 aromatic carbocycles. The van der Waals surface area contributed by atoms with E-state index in [2.05, 4.69) is 5.10 Å². The van der Waals surface area contributed by atoms with Gasteiger partial charge >= 0.3 is 0 Å². The molecule has 0 bridgehead atoms. The molecule has 1 N–H and O–H groups in total. The van der Waals surface area contributed by atoms with Crippen LogP contribution in [0.4, 0.5) is 0 Å². The number of rotatable bonds is 3. The van der Waals surface area contributed by atoms with E-state index < -0.39 is 9.84 Å². The number of aromatic amines is 1. The van der Waals surface area contributed by atoms with Crippen molar-refractivity contribution in [1.82, 2.24) is 9.78 Å². The van der Waals surface area contributed by atoms with Gasteiger partial charge in [-0.1, -0.05) is 0 Å². The molecule has 1 aromatic rings. The van der Waals surface area contributed by atoms with Gasteiger partial charge in [-0.2, -0.15) is 0 Å². The van der Waals surface area contributed by atoms with Crippen LogP contribution in [0.5, 0.6) is 0 Å². The second kappa shape index (κ2) is 2.98. The molecule has 78 valence electrons. The zero-order valence-corrected chi connectivity index (χ0v) is 8.67. The van der Waals surface area contributed by atoms with E-state index in [1.807, 2.05) is 0 Å². The zero-order valence-electron chi connectivity index (χ0n) is 7.86. The third kappa shape index (κ3) is 2.06. The van der Waals surface area contributed by atoms with Crippen LogP contribution in [-0.4, -0.2) is 24.5 Å². The molecule has 5 nitrogen and oxygen atoms in total. The fraction of sp³-hybridized carbons (Fsp3) is 0.625. The number of sulfone groups is 1. The number of hydrogen-bond donors (Lipinski definition) is 1. The van der Waals surface area contributed by atoms with Crippen LogP contribution in [0, 0.1) is 0 Å². The monoisotopic (exact) mass is 216 g/mol. The first-order valence-electron chi connectivity index (χ1n) is 4.44. The van der Waals surface area contributed by atoms with Crippen molar-refractivity contribution in [3.8, 4) is 0 Å². The zero-order chi connectivity index (χ0) is 10.3. The Hall–Kier alpha value is -1.04. The molecule has 0 unspecified atom stereocenters. The number of aromatic nitrogens is 2. The summed E-state index contributed by atoms with van der Waals surface area (Å²) < 4.78 is 23.5. The highest BCUT2D eigenvalue weighted by Crippen LogP contribution is 2.32. The van der Waals surface area contributed by atoms with Gasteiger partial charge in [0, 0.05) is 12.3 Å². The Morgan fingerprint density at radius 3 is 2.71 bits per heavy atom. The SMILES string of the molecule is CS(=O)(=O)Cc1cc(=O)n(C2CC2)[nH]1. The second-order valence-electron chi connectivity index (χ2n) is 3.79. The lowest BCUT2D eigenvalue weighted by Crippen LogP contribution is -2.13. The molecule has 1 fully saturated rings. The summed E-state index contributed by atoms with van der Waals surface area (Å²) in [6, 6.07) is 1.62. The highest BCUT2D eigenvalue weighted by Gasteiger charge is 2.26. The highest BCUT2D eigenvalue weighted by atomic mass is 32.2. The Bertz CT molecular complexity index is 493. The van der Waals surface area contributed by atoms with Crippen LogP contribution in [0.1, 0.15) is 24.6 Å². The van der Waals surface area contributed by atoms with E-state index in [1.165, 1.54) is 10.7 Å². The first-order chi connectivity index (χ1) is 6.46. The summed E-state index contributed by atoms with van der Waals surface area (Å²) in [4.78, 5) is 11.3. The molecule has 0 saturated heterocycles. The number of nitrogens with one attached hydrogen (secondary N) is 1. The lowest BCUT2D eigenvalue weighted by atomic mass is 10.5. The summed E-state index contributed by atoms with van der Waals surface area (Å²) in [5.74, 6) is -0.0953. The molecular formula is C8H12N2O3S. The van der Waals surface area contributed by atoms with Gasteiger partial charge in [0.1, 0.15) is 0 Å². The minimum absolute atomic E-state index is 0.0953. The van der Waals surface area contributed by atoms with Crippen molar-refractivity contribution < 1.29 is 8.42 Å². The molecule has 1 aliphatic rings. The Balaban J connectivity index is 2.28. The van der Waals surface area contributed by atoms with Crippen molar-refractivity contribution in [3.63, 3.8) is 0 Å². The summed E-state index contributed by atoms with van der Waals surface area (Å²) in [6.45, 7) is 0. The maximum atomic E-state index is 11.3. The highest BCUT2D eigenvalue weighted by molar-refractivity contribution is 7.89. The summed E-state index contributed by atoms with van der Waals surface area (Å²) in [7, 11) is -3.07. The average molecular weight is 216 g/mol. The second-order valence-corrected chi connectivity index (χ2v) is 5.93. The molecule has 0 aliphatic heterocycles. The first-order valence-corrected chi connectivity index (χ1v) is 6.50. The molecule has 0 radical (unpaired) electrons. The largest absolute Gasteiger partial charge is 0.298 e. The maximum Gasteiger partial charge on any atom is 0.267 e. The molecule has 14 heavy (non-hydrogen) atoms. The van der Waals surface area contributed by atoms with Crippen molar-refractivity contribution in [2.45, 2.75) is 24.6 Å². The van der Waals surface area contributed by atoms with Crippen molar-refractivity contribution >= 4 is 9.84 Å². The summed E-state index contributed by atoms with van der Waals surface area (Å²) >= 11 is 0. The van der Waals surface area contributed by atoms with Crippen LogP contribution in [0.15, 0.2) is 10.9 Å². The minimum atomic E-state index is -3.07. The van der Waals surface area contributed by atoms with Crippen molar-refractivity contribution in [1.29, 1.82) is 0 Å². The molecule has 0 spiro atoms. The molecule has 1 heterocycles. The number of H-pyrrole nitrogens is 1. The van der Waals surface area contributed by atoms with Crippen LogP contribution in [0.25, 0.3) is 0 Å². The molecular weight excluding hydrogens is 204 g/mol. The topological polar surface area (TPSA) is 71.9 Å². The van der Waals surface area contributed by atoms with Crippen molar-refractivity contribution in [3.05, 3.63) is 22.1 Å². The van der Waals surface area contributed by atoms with Crippen LogP contribution >= 0.6 is 0 Å². The summed E-state index contributed by atoms with van der Waals surface area (Å²) in [5, 5.41) is 2.82. The Morgan fingerprint density at radius 2 is 2.21 bits per heavy atom. The van der Waals surface area contributed by atoms with Gasteiger partial charge in [-0.15, -0.1) is 0 Å². The van der Waals surface area contributed by atoms with Gasteiger partial charge < -0.3 is 0 Å². The predicted molar refractivity (Wildman–Crippen MR) is 51.9 cm³/mol. The van der Waals surface area contributed by atoms with Gasteiger partial charge in [0.15, 0.2) is 9.84 Å². The number of nitrogens with zero attached hydrogens (tertiary/aromatic N) is 1. The molecule has 2 rings (SSSR count). The Kier molecular flexibility index (Phi) is 2.02. The quantitative estimate of drug-likeness (QED) is 0.776. The van der Waals surface area contributed by atoms with Crippen molar-refractivity contribution in [2.24, 2.45) is 0 Å². The molecule has 1 aromatic heterocycles. The standard InChI is InChI=1S/C8H12N2O3S/c1-14(12,13)5-6-4-8(11)10(9-6)7-2-3-7/h4,7,9H,2-3,5H2,1H3. The predicted octanol–water partition coefficient (Wildman–Crippen LogP) is 0.0559. The van der Waals surface area contributed by atoms with E-state index >= 15 is 0 Å². The maximum absolute atomic E-state index is 11.3. The number of hydrogen-bond acceptors (Lipinski definition) is 3. The Labute approximate surface area is 81.6 Å². The molecule has 0 amide bonds. The van der Waals surface area contributed by atoms with Gasteiger partial charge in [0.05, 0.1) is 17.5 Å². The third-order valence-electron chi connectivity index (χ3n) is 2.13. The smallest absolute Gasteiger partial charge is 0.267 e. The third-order valence-corrected chi connectivity index (χ3v) is 2.96. The van der Waals surface area contributed by atoms with Gasteiger partial charge in [-0.05, 0) is 12.8 Å². The Morgan fingerprint density at radius 1 is 1.57 bits per heavy atom. The van der Waals surface area contributed by atoms with E-state index in [-0.39, 0.29) is 17.4 Å². The summed E-state index contributed by atoms with van der Waals surface area (Å²) in [6.07, 6.45) is 3.15. The van der Waals surface area contributed by atoms with Crippen LogP contribution in [0.2, 0.25) is 0 Å². The van der Waals surface area contributed by atoms with E-state index in [0.29, 0.717) is 5.69 Å². The van der Waals surface area contributed by atoms with Gasteiger partial charge in [0.2, 0.25) is 0 Å². The molecule has 0 atom stereocenters. The van der Waals surface area contributed by atoms with E-state index in [1.54, 1.807) is 0 Å². The van der Waals surface area contributed by atoms with Gasteiger partial charge in [-0.3, -0.25) is 9.89 Å². The van der Waals surface area contributed by atoms with Gasteiger partial charge in [-0.25, -0.2) is 13.1 Å².